The third-order valence-corrected chi connectivity index (χ3v) is 4.29. The summed E-state index contributed by atoms with van der Waals surface area (Å²) in [5.74, 6) is 0.0369. The molecule has 0 aliphatic carbocycles. The molecule has 3 rings (SSSR count). The highest BCUT2D eigenvalue weighted by Gasteiger charge is 2.12. The summed E-state index contributed by atoms with van der Waals surface area (Å²) < 4.78 is 1.68. The first-order valence-electron chi connectivity index (χ1n) is 7.68. The second-order valence-corrected chi connectivity index (χ2v) is 6.46. The van der Waals surface area contributed by atoms with Gasteiger partial charge in [0.2, 0.25) is 17.6 Å². The highest BCUT2D eigenvalue weighted by atomic mass is 32.2. The molecule has 26 heavy (non-hydrogen) atoms. The van der Waals surface area contributed by atoms with Crippen LogP contribution in [0.1, 0.15) is 12.6 Å². The van der Waals surface area contributed by atoms with Crippen molar-refractivity contribution in [2.45, 2.75) is 19.0 Å². The summed E-state index contributed by atoms with van der Waals surface area (Å²) in [5.41, 5.74) is 1.61. The number of carbonyl (C=O) groups excluding carboxylic acids is 2. The zero-order valence-electron chi connectivity index (χ0n) is 14.1. The Hall–Kier alpha value is -3.14. The Morgan fingerprint density at radius 3 is 2.65 bits per heavy atom. The zero-order chi connectivity index (χ0) is 18.7. The van der Waals surface area contributed by atoms with E-state index in [2.05, 4.69) is 25.8 Å². The number of fused-ring (bicyclic) bond motifs is 1. The van der Waals surface area contributed by atoms with Gasteiger partial charge in [-0.1, -0.05) is 17.8 Å². The first kappa shape index (κ1) is 17.7. The van der Waals surface area contributed by atoms with E-state index in [1.165, 1.54) is 24.8 Å². The van der Waals surface area contributed by atoms with Crippen LogP contribution < -0.4 is 16.2 Å². The van der Waals surface area contributed by atoms with Crippen molar-refractivity contribution in [2.75, 3.05) is 16.4 Å². The Kier molecular flexibility index (Phi) is 5.03. The van der Waals surface area contributed by atoms with E-state index in [0.29, 0.717) is 28.0 Å². The van der Waals surface area contributed by atoms with Crippen LogP contribution in [0.25, 0.3) is 5.78 Å². The lowest BCUT2D eigenvalue weighted by Crippen LogP contribution is -2.15. The molecule has 0 radical (unpaired) electrons. The van der Waals surface area contributed by atoms with E-state index in [1.54, 1.807) is 35.6 Å². The molecular formula is C16H16N6O3S. The number of amides is 2. The second-order valence-electron chi connectivity index (χ2n) is 5.52. The van der Waals surface area contributed by atoms with Crippen molar-refractivity contribution in [1.82, 2.24) is 19.6 Å². The fourth-order valence-corrected chi connectivity index (χ4v) is 3.16. The summed E-state index contributed by atoms with van der Waals surface area (Å²) in [6.45, 7) is 3.18. The number of hydrogen-bond donors (Lipinski definition) is 3. The van der Waals surface area contributed by atoms with E-state index in [4.69, 9.17) is 0 Å². The molecule has 0 unspecified atom stereocenters. The zero-order valence-corrected chi connectivity index (χ0v) is 14.9. The molecule has 2 aromatic heterocycles. The number of nitrogens with one attached hydrogen (secondary N) is 3. The Morgan fingerprint density at radius 2 is 1.92 bits per heavy atom. The molecule has 0 aliphatic rings. The van der Waals surface area contributed by atoms with Crippen molar-refractivity contribution < 1.29 is 9.59 Å². The second kappa shape index (κ2) is 7.40. The molecule has 0 bridgehead atoms. The molecule has 0 saturated carbocycles. The fraction of sp³-hybridized carbons (Fsp3) is 0.188. The number of aromatic nitrogens is 4. The number of aryl methyl sites for hydroxylation is 1. The fourth-order valence-electron chi connectivity index (χ4n) is 2.37. The van der Waals surface area contributed by atoms with Crippen molar-refractivity contribution in [1.29, 1.82) is 0 Å². The third-order valence-electron chi connectivity index (χ3n) is 3.36. The Bertz CT molecular complexity index is 1040. The molecular weight excluding hydrogens is 356 g/mol. The SMILES string of the molecule is CC(=O)Nc1cccc(NC(=O)CSc2nnc3[nH]c(=O)cc(C)n23)c1. The summed E-state index contributed by atoms with van der Waals surface area (Å²) >= 11 is 1.20. The number of carbonyl (C=O) groups is 2. The van der Waals surface area contributed by atoms with Gasteiger partial charge in [-0.05, 0) is 25.1 Å². The molecule has 2 heterocycles. The Balaban J connectivity index is 1.66. The Morgan fingerprint density at radius 1 is 1.19 bits per heavy atom. The van der Waals surface area contributed by atoms with Crippen molar-refractivity contribution in [3.8, 4) is 0 Å². The molecule has 0 aliphatic heterocycles. The molecule has 0 fully saturated rings. The average molecular weight is 372 g/mol. The average Bonchev–Trinajstić information content (AvgIpc) is 2.95. The summed E-state index contributed by atoms with van der Waals surface area (Å²) in [4.78, 5) is 37.3. The van der Waals surface area contributed by atoms with Crippen LogP contribution >= 0.6 is 11.8 Å². The van der Waals surface area contributed by atoms with Gasteiger partial charge in [-0.25, -0.2) is 0 Å². The van der Waals surface area contributed by atoms with Gasteiger partial charge >= 0.3 is 0 Å². The molecule has 0 atom stereocenters. The van der Waals surface area contributed by atoms with Crippen LogP contribution in [-0.2, 0) is 9.59 Å². The van der Waals surface area contributed by atoms with Crippen LogP contribution in [-0.4, -0.2) is 37.1 Å². The number of thioether (sulfide) groups is 1. The molecule has 0 saturated heterocycles. The van der Waals surface area contributed by atoms with Gasteiger partial charge in [0.15, 0.2) is 5.16 Å². The smallest absolute Gasteiger partial charge is 0.252 e. The summed E-state index contributed by atoms with van der Waals surface area (Å²) in [6, 6.07) is 8.31. The number of H-pyrrole nitrogens is 1. The van der Waals surface area contributed by atoms with Gasteiger partial charge in [-0.3, -0.25) is 23.8 Å². The summed E-state index contributed by atoms with van der Waals surface area (Å²) in [6.07, 6.45) is 0. The van der Waals surface area contributed by atoms with E-state index in [1.807, 2.05) is 0 Å². The topological polar surface area (TPSA) is 121 Å². The number of hydrogen-bond acceptors (Lipinski definition) is 6. The van der Waals surface area contributed by atoms with E-state index < -0.39 is 0 Å². The van der Waals surface area contributed by atoms with Gasteiger partial charge in [-0.15, -0.1) is 10.2 Å². The molecule has 134 valence electrons. The maximum absolute atomic E-state index is 12.2. The van der Waals surface area contributed by atoms with Crippen LogP contribution in [0, 0.1) is 6.92 Å². The number of anilines is 2. The molecule has 3 aromatic rings. The first-order valence-corrected chi connectivity index (χ1v) is 8.66. The largest absolute Gasteiger partial charge is 0.326 e. The van der Waals surface area contributed by atoms with Gasteiger partial charge in [-0.2, -0.15) is 0 Å². The van der Waals surface area contributed by atoms with Gasteiger partial charge in [0.25, 0.3) is 5.56 Å². The highest BCUT2D eigenvalue weighted by molar-refractivity contribution is 7.99. The van der Waals surface area contributed by atoms with Crippen LogP contribution in [0.4, 0.5) is 11.4 Å². The molecule has 9 nitrogen and oxygen atoms in total. The molecule has 2 amide bonds. The van der Waals surface area contributed by atoms with Gasteiger partial charge < -0.3 is 10.6 Å². The van der Waals surface area contributed by atoms with Crippen LogP contribution in [0.3, 0.4) is 0 Å². The predicted octanol–water partition coefficient (Wildman–Crippen LogP) is 1.42. The molecule has 10 heteroatoms. The minimum Gasteiger partial charge on any atom is -0.326 e. The minimum absolute atomic E-state index is 0.115. The minimum atomic E-state index is -0.254. The number of aromatic amines is 1. The number of nitrogens with zero attached hydrogens (tertiary/aromatic N) is 3. The monoisotopic (exact) mass is 372 g/mol. The van der Waals surface area contributed by atoms with Crippen LogP contribution in [0.15, 0.2) is 40.3 Å². The molecule has 3 N–H and O–H groups in total. The number of rotatable bonds is 5. The van der Waals surface area contributed by atoms with Gasteiger partial charge in [0.1, 0.15) is 0 Å². The maximum atomic E-state index is 12.2. The van der Waals surface area contributed by atoms with Gasteiger partial charge in [0.05, 0.1) is 5.75 Å². The van der Waals surface area contributed by atoms with E-state index in [0.717, 1.165) is 0 Å². The van der Waals surface area contributed by atoms with Crippen molar-refractivity contribution >= 4 is 40.7 Å². The lowest BCUT2D eigenvalue weighted by Gasteiger charge is -2.07. The van der Waals surface area contributed by atoms with E-state index in [-0.39, 0.29) is 23.1 Å². The number of benzene rings is 1. The highest BCUT2D eigenvalue weighted by Crippen LogP contribution is 2.19. The van der Waals surface area contributed by atoms with Gasteiger partial charge in [0, 0.05) is 30.1 Å². The van der Waals surface area contributed by atoms with Crippen LogP contribution in [0.5, 0.6) is 0 Å². The molecule has 1 aromatic carbocycles. The van der Waals surface area contributed by atoms with E-state index >= 15 is 0 Å². The Labute approximate surface area is 152 Å². The molecule has 0 spiro atoms. The standard InChI is InChI=1S/C16H16N6O3S/c1-9-6-13(24)19-15-20-21-16(22(9)15)26-8-14(25)18-12-5-3-4-11(7-12)17-10(2)23/h3-7H,8H2,1-2H3,(H,17,23)(H,18,25)(H,19,20,24). The van der Waals surface area contributed by atoms with E-state index in [9.17, 15) is 14.4 Å². The quantitative estimate of drug-likeness (QED) is 0.582. The van der Waals surface area contributed by atoms with Crippen molar-refractivity contribution in [2.24, 2.45) is 0 Å². The summed E-state index contributed by atoms with van der Waals surface area (Å²) in [7, 11) is 0. The first-order chi connectivity index (χ1) is 12.4. The van der Waals surface area contributed by atoms with Crippen molar-refractivity contribution in [3.63, 3.8) is 0 Å². The maximum Gasteiger partial charge on any atom is 0.252 e. The van der Waals surface area contributed by atoms with Crippen molar-refractivity contribution in [3.05, 3.63) is 46.4 Å². The van der Waals surface area contributed by atoms with Crippen LogP contribution in [0.2, 0.25) is 0 Å². The lowest BCUT2D eigenvalue weighted by atomic mass is 10.2. The third kappa shape index (κ3) is 4.09. The normalized spacial score (nSPS) is 10.7. The summed E-state index contributed by atoms with van der Waals surface area (Å²) in [5, 5.41) is 13.8. The lowest BCUT2D eigenvalue weighted by molar-refractivity contribution is -0.114. The predicted molar refractivity (Wildman–Crippen MR) is 98.4 cm³/mol.